The maximum absolute atomic E-state index is 12.2. The van der Waals surface area contributed by atoms with Gasteiger partial charge in [-0.2, -0.15) is 0 Å². The molecule has 0 aliphatic heterocycles. The fourth-order valence-corrected chi connectivity index (χ4v) is 2.72. The summed E-state index contributed by atoms with van der Waals surface area (Å²) in [6, 6.07) is 15.7. The molecule has 4 heteroatoms. The molecule has 1 heterocycles. The molecule has 0 radical (unpaired) electrons. The molecular formula is C19H21N3O. The molecule has 118 valence electrons. The fraction of sp³-hybridized carbons (Fsp3) is 0.211. The number of aryl methyl sites for hydroxylation is 2. The van der Waals surface area contributed by atoms with Gasteiger partial charge >= 0.3 is 6.03 Å². The van der Waals surface area contributed by atoms with E-state index in [1.807, 2.05) is 48.7 Å². The van der Waals surface area contributed by atoms with Crippen LogP contribution in [0, 0.1) is 0 Å². The number of carbonyl (C=O) groups excluding carboxylic acids is 1. The van der Waals surface area contributed by atoms with Crippen LogP contribution >= 0.6 is 0 Å². The molecule has 0 fully saturated rings. The molecule has 0 aliphatic carbocycles. The number of carbonyl (C=O) groups is 1. The number of benzene rings is 2. The summed E-state index contributed by atoms with van der Waals surface area (Å²) in [6.45, 7) is 5.06. The molecule has 0 bridgehead atoms. The summed E-state index contributed by atoms with van der Waals surface area (Å²) >= 11 is 0. The molecule has 3 aromatic rings. The Bertz CT molecular complexity index is 818. The zero-order chi connectivity index (χ0) is 16.2. The highest BCUT2D eigenvalue weighted by atomic mass is 16.2. The second-order valence-corrected chi connectivity index (χ2v) is 5.48. The van der Waals surface area contributed by atoms with Crippen LogP contribution in [0.15, 0.2) is 54.7 Å². The maximum Gasteiger partial charge on any atom is 0.323 e. The first-order chi connectivity index (χ1) is 11.2. The van der Waals surface area contributed by atoms with Gasteiger partial charge in [-0.05, 0) is 37.1 Å². The predicted molar refractivity (Wildman–Crippen MR) is 96.1 cm³/mol. The van der Waals surface area contributed by atoms with Crippen LogP contribution in [0.2, 0.25) is 0 Å². The number of nitrogens with one attached hydrogen (secondary N) is 2. The molecule has 23 heavy (non-hydrogen) atoms. The number of anilines is 2. The molecule has 1 aromatic heterocycles. The van der Waals surface area contributed by atoms with Gasteiger partial charge in [-0.3, -0.25) is 0 Å². The monoisotopic (exact) mass is 307 g/mol. The number of fused-ring (bicyclic) bond motifs is 1. The first-order valence-corrected chi connectivity index (χ1v) is 7.96. The van der Waals surface area contributed by atoms with Crippen molar-refractivity contribution in [1.29, 1.82) is 0 Å². The number of hydrogen-bond donors (Lipinski definition) is 2. The molecule has 4 nitrogen and oxygen atoms in total. The lowest BCUT2D eigenvalue weighted by Gasteiger charge is -2.07. The van der Waals surface area contributed by atoms with E-state index in [9.17, 15) is 4.79 Å². The van der Waals surface area contributed by atoms with E-state index in [0.29, 0.717) is 0 Å². The number of nitrogens with zero attached hydrogens (tertiary/aromatic N) is 1. The zero-order valence-corrected chi connectivity index (χ0v) is 13.5. The Kier molecular flexibility index (Phi) is 4.33. The fourth-order valence-electron chi connectivity index (χ4n) is 2.72. The summed E-state index contributed by atoms with van der Waals surface area (Å²) < 4.78 is 2.13. The van der Waals surface area contributed by atoms with E-state index in [1.54, 1.807) is 0 Å². The van der Waals surface area contributed by atoms with Crippen molar-refractivity contribution in [1.82, 2.24) is 4.57 Å². The average molecular weight is 307 g/mol. The van der Waals surface area contributed by atoms with Gasteiger partial charge in [0.2, 0.25) is 0 Å². The van der Waals surface area contributed by atoms with Crippen LogP contribution in [-0.2, 0) is 13.0 Å². The normalized spacial score (nSPS) is 10.7. The van der Waals surface area contributed by atoms with Gasteiger partial charge in [0.1, 0.15) is 0 Å². The molecular weight excluding hydrogens is 286 g/mol. The van der Waals surface area contributed by atoms with Crippen LogP contribution in [0.5, 0.6) is 0 Å². The van der Waals surface area contributed by atoms with Crippen LogP contribution < -0.4 is 10.6 Å². The van der Waals surface area contributed by atoms with Gasteiger partial charge in [0.05, 0.1) is 11.2 Å². The highest BCUT2D eigenvalue weighted by molar-refractivity contribution is 6.06. The second kappa shape index (κ2) is 6.57. The Morgan fingerprint density at radius 2 is 1.74 bits per heavy atom. The summed E-state index contributed by atoms with van der Waals surface area (Å²) in [5, 5.41) is 6.87. The smallest absolute Gasteiger partial charge is 0.323 e. The van der Waals surface area contributed by atoms with Crippen molar-refractivity contribution in [2.75, 3.05) is 10.6 Å². The lowest BCUT2D eigenvalue weighted by molar-refractivity contribution is 0.262. The van der Waals surface area contributed by atoms with E-state index in [0.717, 1.165) is 35.2 Å². The summed E-state index contributed by atoms with van der Waals surface area (Å²) in [5.74, 6) is 0. The standard InChI is InChI=1S/C19H21N3O/c1-3-14-9-11-15(12-10-14)20-19(23)21-17-13-22(4-2)18-8-6-5-7-16(17)18/h5-13H,3-4H2,1-2H3,(H2,20,21,23). The lowest BCUT2D eigenvalue weighted by Crippen LogP contribution is -2.19. The number of urea groups is 1. The minimum Gasteiger partial charge on any atom is -0.346 e. The van der Waals surface area contributed by atoms with Crippen LogP contribution in [0.1, 0.15) is 19.4 Å². The molecule has 0 atom stereocenters. The first kappa shape index (κ1) is 15.2. The van der Waals surface area contributed by atoms with Gasteiger partial charge in [0.25, 0.3) is 0 Å². The van der Waals surface area contributed by atoms with Gasteiger partial charge < -0.3 is 15.2 Å². The third kappa shape index (κ3) is 3.21. The van der Waals surface area contributed by atoms with Gasteiger partial charge in [-0.15, -0.1) is 0 Å². The third-order valence-corrected chi connectivity index (χ3v) is 4.00. The SMILES string of the molecule is CCc1ccc(NC(=O)Nc2cn(CC)c3ccccc23)cc1. The lowest BCUT2D eigenvalue weighted by atomic mass is 10.1. The third-order valence-electron chi connectivity index (χ3n) is 4.00. The van der Waals surface area contributed by atoms with E-state index in [-0.39, 0.29) is 6.03 Å². The Hall–Kier alpha value is -2.75. The molecule has 0 saturated carbocycles. The van der Waals surface area contributed by atoms with Crippen LogP contribution in [-0.4, -0.2) is 10.6 Å². The molecule has 0 aliphatic rings. The van der Waals surface area contributed by atoms with Crippen molar-refractivity contribution in [3.05, 3.63) is 60.3 Å². The predicted octanol–water partition coefficient (Wildman–Crippen LogP) is 4.87. The van der Waals surface area contributed by atoms with Gasteiger partial charge in [0.15, 0.2) is 0 Å². The van der Waals surface area contributed by atoms with Crippen LogP contribution in [0.3, 0.4) is 0 Å². The van der Waals surface area contributed by atoms with Gasteiger partial charge in [-0.25, -0.2) is 4.79 Å². The molecule has 2 aromatic carbocycles. The van der Waals surface area contributed by atoms with Crippen molar-refractivity contribution in [2.24, 2.45) is 0 Å². The summed E-state index contributed by atoms with van der Waals surface area (Å²) in [5.41, 5.74) is 3.99. The topological polar surface area (TPSA) is 46.1 Å². The quantitative estimate of drug-likeness (QED) is 0.710. The number of aromatic nitrogens is 1. The average Bonchev–Trinajstić information content (AvgIpc) is 2.93. The molecule has 2 amide bonds. The Morgan fingerprint density at radius 3 is 2.43 bits per heavy atom. The maximum atomic E-state index is 12.2. The molecule has 0 saturated heterocycles. The Labute approximate surface area is 136 Å². The van der Waals surface area contributed by atoms with Crippen molar-refractivity contribution in [2.45, 2.75) is 26.8 Å². The van der Waals surface area contributed by atoms with Gasteiger partial charge in [0, 0.05) is 23.8 Å². The number of para-hydroxylation sites is 1. The highest BCUT2D eigenvalue weighted by Gasteiger charge is 2.10. The molecule has 0 spiro atoms. The van der Waals surface area contributed by atoms with E-state index >= 15 is 0 Å². The molecule has 3 rings (SSSR count). The first-order valence-electron chi connectivity index (χ1n) is 7.96. The van der Waals surface area contributed by atoms with Crippen molar-refractivity contribution in [3.8, 4) is 0 Å². The van der Waals surface area contributed by atoms with Crippen LogP contribution in [0.25, 0.3) is 10.9 Å². The van der Waals surface area contributed by atoms with E-state index in [4.69, 9.17) is 0 Å². The van der Waals surface area contributed by atoms with Crippen LogP contribution in [0.4, 0.5) is 16.2 Å². The summed E-state index contributed by atoms with van der Waals surface area (Å²) in [7, 11) is 0. The van der Waals surface area contributed by atoms with Gasteiger partial charge in [-0.1, -0.05) is 37.3 Å². The second-order valence-electron chi connectivity index (χ2n) is 5.48. The van der Waals surface area contributed by atoms with E-state index < -0.39 is 0 Å². The Morgan fingerprint density at radius 1 is 1.00 bits per heavy atom. The van der Waals surface area contributed by atoms with E-state index in [2.05, 4.69) is 35.1 Å². The Balaban J connectivity index is 1.77. The molecule has 2 N–H and O–H groups in total. The van der Waals surface area contributed by atoms with Crippen molar-refractivity contribution in [3.63, 3.8) is 0 Å². The highest BCUT2D eigenvalue weighted by Crippen LogP contribution is 2.26. The summed E-state index contributed by atoms with van der Waals surface area (Å²) in [6.07, 6.45) is 2.97. The number of hydrogen-bond acceptors (Lipinski definition) is 1. The number of rotatable bonds is 4. The summed E-state index contributed by atoms with van der Waals surface area (Å²) in [4.78, 5) is 12.2. The number of amides is 2. The van der Waals surface area contributed by atoms with E-state index in [1.165, 1.54) is 5.56 Å². The van der Waals surface area contributed by atoms with Crippen molar-refractivity contribution < 1.29 is 4.79 Å². The largest absolute Gasteiger partial charge is 0.346 e. The minimum absolute atomic E-state index is 0.228. The minimum atomic E-state index is -0.228. The zero-order valence-electron chi connectivity index (χ0n) is 13.5. The van der Waals surface area contributed by atoms with Crippen molar-refractivity contribution >= 4 is 28.3 Å². The molecule has 0 unspecified atom stereocenters.